The van der Waals surface area contributed by atoms with Crippen LogP contribution in [0, 0.1) is 24.1 Å². The molecular formula is C12H8FN3S. The van der Waals surface area contributed by atoms with E-state index in [9.17, 15) is 4.39 Å². The van der Waals surface area contributed by atoms with E-state index in [1.165, 1.54) is 23.9 Å². The molecule has 0 bridgehead atoms. The zero-order chi connectivity index (χ0) is 12.3. The first-order valence-corrected chi connectivity index (χ1v) is 5.67. The second-order valence-corrected chi connectivity index (χ2v) is 4.41. The van der Waals surface area contributed by atoms with Crippen LogP contribution in [-0.4, -0.2) is 9.97 Å². The van der Waals surface area contributed by atoms with Gasteiger partial charge in [0.2, 0.25) is 0 Å². The summed E-state index contributed by atoms with van der Waals surface area (Å²) in [6.45, 7) is 1.86. The van der Waals surface area contributed by atoms with Gasteiger partial charge in [-0.2, -0.15) is 5.26 Å². The van der Waals surface area contributed by atoms with Crippen LogP contribution in [0.15, 0.2) is 40.5 Å². The molecule has 17 heavy (non-hydrogen) atoms. The molecule has 0 unspecified atom stereocenters. The van der Waals surface area contributed by atoms with E-state index < -0.39 is 5.82 Å². The van der Waals surface area contributed by atoms with Gasteiger partial charge in [-0.05, 0) is 43.0 Å². The number of nitrogens with zero attached hydrogens (tertiary/aromatic N) is 3. The predicted octanol–water partition coefficient (Wildman–Crippen LogP) is 2.95. The molecule has 5 heteroatoms. The first-order valence-electron chi connectivity index (χ1n) is 4.85. The molecule has 1 aromatic carbocycles. The molecule has 0 aliphatic heterocycles. The number of hydrogen-bond acceptors (Lipinski definition) is 4. The lowest BCUT2D eigenvalue weighted by molar-refractivity contribution is 0.623. The first kappa shape index (κ1) is 11.6. The Bertz CT molecular complexity index is 593. The van der Waals surface area contributed by atoms with Crippen LogP contribution in [0.2, 0.25) is 0 Å². The fourth-order valence-corrected chi connectivity index (χ4v) is 2.14. The highest BCUT2D eigenvalue weighted by molar-refractivity contribution is 7.99. The molecule has 3 nitrogen and oxygen atoms in total. The summed E-state index contributed by atoms with van der Waals surface area (Å²) in [5.74, 6) is -0.431. The highest BCUT2D eigenvalue weighted by atomic mass is 32.2. The van der Waals surface area contributed by atoms with Crippen molar-refractivity contribution < 1.29 is 4.39 Å². The van der Waals surface area contributed by atoms with Crippen LogP contribution >= 0.6 is 11.8 Å². The highest BCUT2D eigenvalue weighted by Crippen LogP contribution is 2.26. The number of nitriles is 1. The van der Waals surface area contributed by atoms with Crippen LogP contribution in [0.5, 0.6) is 0 Å². The molecule has 0 radical (unpaired) electrons. The summed E-state index contributed by atoms with van der Waals surface area (Å²) in [4.78, 5) is 8.88. The van der Waals surface area contributed by atoms with Crippen LogP contribution in [0.25, 0.3) is 0 Å². The van der Waals surface area contributed by atoms with Gasteiger partial charge in [0, 0.05) is 16.8 Å². The van der Waals surface area contributed by atoms with Gasteiger partial charge in [-0.1, -0.05) is 0 Å². The van der Waals surface area contributed by atoms with Crippen molar-refractivity contribution in [3.05, 3.63) is 47.5 Å². The summed E-state index contributed by atoms with van der Waals surface area (Å²) in [7, 11) is 0. The number of aryl methyl sites for hydroxylation is 1. The molecule has 0 spiro atoms. The molecule has 0 aliphatic rings. The van der Waals surface area contributed by atoms with E-state index in [1.54, 1.807) is 18.3 Å². The topological polar surface area (TPSA) is 49.6 Å². The summed E-state index contributed by atoms with van der Waals surface area (Å²) in [5.41, 5.74) is 1.14. The normalized spacial score (nSPS) is 9.94. The van der Waals surface area contributed by atoms with Gasteiger partial charge in [0.25, 0.3) is 0 Å². The third kappa shape index (κ3) is 3.02. The van der Waals surface area contributed by atoms with Gasteiger partial charge in [-0.15, -0.1) is 0 Å². The largest absolute Gasteiger partial charge is 0.231 e. The molecular weight excluding hydrogens is 237 g/mol. The predicted molar refractivity (Wildman–Crippen MR) is 62.0 cm³/mol. The fraction of sp³-hybridized carbons (Fsp3) is 0.0833. The van der Waals surface area contributed by atoms with Gasteiger partial charge in [-0.25, -0.2) is 14.4 Å². The maximum absolute atomic E-state index is 13.2. The summed E-state index contributed by atoms with van der Waals surface area (Å²) in [6.07, 6.45) is 1.65. The van der Waals surface area contributed by atoms with Crippen molar-refractivity contribution in [2.75, 3.05) is 0 Å². The Labute approximate surface area is 102 Å². The van der Waals surface area contributed by atoms with Crippen molar-refractivity contribution in [1.29, 1.82) is 5.26 Å². The number of aromatic nitrogens is 2. The van der Waals surface area contributed by atoms with Gasteiger partial charge >= 0.3 is 0 Å². The molecule has 0 saturated carbocycles. The van der Waals surface area contributed by atoms with E-state index in [-0.39, 0.29) is 0 Å². The summed E-state index contributed by atoms with van der Waals surface area (Å²) in [5, 5.41) is 9.28. The van der Waals surface area contributed by atoms with Crippen molar-refractivity contribution in [3.63, 3.8) is 0 Å². The molecule has 84 valence electrons. The maximum atomic E-state index is 13.2. The zero-order valence-electron chi connectivity index (χ0n) is 9.01. The zero-order valence-corrected chi connectivity index (χ0v) is 9.83. The van der Waals surface area contributed by atoms with Crippen LogP contribution < -0.4 is 0 Å². The minimum atomic E-state index is -0.431. The van der Waals surface area contributed by atoms with Gasteiger partial charge in [-0.3, -0.25) is 0 Å². The Morgan fingerprint density at radius 1 is 1.35 bits per heavy atom. The average molecular weight is 245 g/mol. The number of benzene rings is 1. The molecule has 1 aromatic heterocycles. The second kappa shape index (κ2) is 4.93. The molecule has 0 aliphatic carbocycles. The van der Waals surface area contributed by atoms with E-state index in [2.05, 4.69) is 9.97 Å². The first-order chi connectivity index (χ1) is 8.17. The third-order valence-electron chi connectivity index (χ3n) is 1.98. The maximum Gasteiger partial charge on any atom is 0.192 e. The Hall–Kier alpha value is -1.93. The van der Waals surface area contributed by atoms with Gasteiger partial charge in [0.1, 0.15) is 5.82 Å². The minimum Gasteiger partial charge on any atom is -0.231 e. The Morgan fingerprint density at radius 3 is 2.88 bits per heavy atom. The van der Waals surface area contributed by atoms with Gasteiger partial charge in [0.15, 0.2) is 5.16 Å². The smallest absolute Gasteiger partial charge is 0.192 e. The molecule has 2 aromatic rings. The lowest BCUT2D eigenvalue weighted by atomic mass is 10.2. The van der Waals surface area contributed by atoms with Crippen LogP contribution in [-0.2, 0) is 0 Å². The van der Waals surface area contributed by atoms with Crippen molar-refractivity contribution in [1.82, 2.24) is 9.97 Å². The quantitative estimate of drug-likeness (QED) is 0.763. The Kier molecular flexibility index (Phi) is 3.35. The fourth-order valence-electron chi connectivity index (χ4n) is 1.27. The highest BCUT2D eigenvalue weighted by Gasteiger charge is 2.04. The number of hydrogen-bond donors (Lipinski definition) is 0. The average Bonchev–Trinajstić information content (AvgIpc) is 2.28. The van der Waals surface area contributed by atoms with Crippen molar-refractivity contribution >= 4 is 11.8 Å². The molecule has 0 N–H and O–H groups in total. The number of halogens is 1. The second-order valence-electron chi connectivity index (χ2n) is 3.37. The molecule has 0 amide bonds. The molecule has 0 fully saturated rings. The lowest BCUT2D eigenvalue weighted by Gasteiger charge is -2.01. The standard InChI is InChI=1S/C12H8FN3S/c1-8-2-3-15-12(16-8)17-11-5-9(7-14)4-10(13)6-11/h2-6H,1H3. The third-order valence-corrected chi connectivity index (χ3v) is 2.83. The van der Waals surface area contributed by atoms with E-state index in [1.807, 2.05) is 13.0 Å². The minimum absolute atomic E-state index is 0.292. The Balaban J connectivity index is 2.30. The van der Waals surface area contributed by atoms with E-state index in [0.717, 1.165) is 5.69 Å². The Morgan fingerprint density at radius 2 is 2.18 bits per heavy atom. The van der Waals surface area contributed by atoms with Gasteiger partial charge in [0.05, 0.1) is 11.6 Å². The lowest BCUT2D eigenvalue weighted by Crippen LogP contribution is -1.89. The van der Waals surface area contributed by atoms with E-state index in [0.29, 0.717) is 15.6 Å². The van der Waals surface area contributed by atoms with Crippen LogP contribution in [0.3, 0.4) is 0 Å². The molecule has 0 saturated heterocycles. The van der Waals surface area contributed by atoms with Crippen LogP contribution in [0.1, 0.15) is 11.3 Å². The van der Waals surface area contributed by atoms with E-state index >= 15 is 0 Å². The SMILES string of the molecule is Cc1ccnc(Sc2cc(F)cc(C#N)c2)n1. The van der Waals surface area contributed by atoms with Crippen LogP contribution in [0.4, 0.5) is 4.39 Å². The molecule has 0 atom stereocenters. The van der Waals surface area contributed by atoms with E-state index in [4.69, 9.17) is 5.26 Å². The molecule has 1 heterocycles. The monoisotopic (exact) mass is 245 g/mol. The van der Waals surface area contributed by atoms with Crippen molar-refractivity contribution in [2.45, 2.75) is 17.0 Å². The molecule has 2 rings (SSSR count). The summed E-state index contributed by atoms with van der Waals surface area (Å²) in [6, 6.07) is 7.86. The van der Waals surface area contributed by atoms with Crippen molar-refractivity contribution in [2.24, 2.45) is 0 Å². The van der Waals surface area contributed by atoms with Gasteiger partial charge < -0.3 is 0 Å². The number of rotatable bonds is 2. The van der Waals surface area contributed by atoms with Crippen molar-refractivity contribution in [3.8, 4) is 6.07 Å². The summed E-state index contributed by atoms with van der Waals surface area (Å²) < 4.78 is 13.2. The summed E-state index contributed by atoms with van der Waals surface area (Å²) >= 11 is 1.23.